The third-order valence-corrected chi connectivity index (χ3v) is 3.38. The first-order valence-corrected chi connectivity index (χ1v) is 6.18. The van der Waals surface area contributed by atoms with E-state index in [4.69, 9.17) is 4.74 Å². The molecule has 0 aromatic carbocycles. The summed E-state index contributed by atoms with van der Waals surface area (Å²) >= 11 is 0. The molecule has 0 aromatic rings. The van der Waals surface area contributed by atoms with Gasteiger partial charge in [-0.3, -0.25) is 4.79 Å². The number of hydrogen-bond acceptors (Lipinski definition) is 3. The molecule has 4 nitrogen and oxygen atoms in total. The molecule has 0 aromatic heterocycles. The SMILES string of the molecule is CCC(C)C(O)CNC(=O)C1CCOCC1. The number of aliphatic hydroxyl groups is 1. The van der Waals surface area contributed by atoms with Gasteiger partial charge in [0.25, 0.3) is 0 Å². The van der Waals surface area contributed by atoms with Crippen molar-refractivity contribution in [1.29, 1.82) is 0 Å². The van der Waals surface area contributed by atoms with Crippen LogP contribution in [-0.2, 0) is 9.53 Å². The molecule has 0 aliphatic carbocycles. The van der Waals surface area contributed by atoms with Crippen LogP contribution in [0.2, 0.25) is 0 Å². The number of ether oxygens (including phenoxy) is 1. The lowest BCUT2D eigenvalue weighted by molar-refractivity contribution is -0.128. The number of carbonyl (C=O) groups excluding carboxylic acids is 1. The molecule has 0 bridgehead atoms. The van der Waals surface area contributed by atoms with Gasteiger partial charge in [0.2, 0.25) is 5.91 Å². The minimum absolute atomic E-state index is 0.0608. The van der Waals surface area contributed by atoms with Crippen molar-refractivity contribution in [3.63, 3.8) is 0 Å². The zero-order valence-corrected chi connectivity index (χ0v) is 10.2. The Morgan fingerprint density at radius 3 is 2.69 bits per heavy atom. The van der Waals surface area contributed by atoms with Crippen LogP contribution in [0.1, 0.15) is 33.1 Å². The van der Waals surface area contributed by atoms with Crippen molar-refractivity contribution in [1.82, 2.24) is 5.32 Å². The Labute approximate surface area is 97.4 Å². The van der Waals surface area contributed by atoms with Crippen LogP contribution in [0.25, 0.3) is 0 Å². The van der Waals surface area contributed by atoms with E-state index in [1.165, 1.54) is 0 Å². The second kappa shape index (κ2) is 6.86. The van der Waals surface area contributed by atoms with Gasteiger partial charge in [-0.1, -0.05) is 20.3 Å². The predicted octanol–water partition coefficient (Wildman–Crippen LogP) is 0.936. The largest absolute Gasteiger partial charge is 0.391 e. The van der Waals surface area contributed by atoms with Crippen molar-refractivity contribution >= 4 is 5.91 Å². The summed E-state index contributed by atoms with van der Waals surface area (Å²) in [5.74, 6) is 0.360. The summed E-state index contributed by atoms with van der Waals surface area (Å²) in [7, 11) is 0. The van der Waals surface area contributed by atoms with E-state index >= 15 is 0 Å². The van der Waals surface area contributed by atoms with Crippen molar-refractivity contribution in [2.75, 3.05) is 19.8 Å². The van der Waals surface area contributed by atoms with Gasteiger partial charge in [-0.05, 0) is 18.8 Å². The number of aliphatic hydroxyl groups excluding tert-OH is 1. The number of nitrogens with one attached hydrogen (secondary N) is 1. The lowest BCUT2D eigenvalue weighted by atomic mass is 9.98. The highest BCUT2D eigenvalue weighted by Crippen LogP contribution is 2.14. The van der Waals surface area contributed by atoms with Crippen molar-refractivity contribution in [2.24, 2.45) is 11.8 Å². The van der Waals surface area contributed by atoms with E-state index in [0.29, 0.717) is 19.8 Å². The first-order valence-electron chi connectivity index (χ1n) is 6.18. The zero-order chi connectivity index (χ0) is 12.0. The summed E-state index contributed by atoms with van der Waals surface area (Å²) in [6, 6.07) is 0. The van der Waals surface area contributed by atoms with E-state index in [0.717, 1.165) is 19.3 Å². The first kappa shape index (κ1) is 13.5. The number of amides is 1. The summed E-state index contributed by atoms with van der Waals surface area (Å²) in [5, 5.41) is 12.5. The Hall–Kier alpha value is -0.610. The zero-order valence-electron chi connectivity index (χ0n) is 10.2. The van der Waals surface area contributed by atoms with Crippen molar-refractivity contribution in [3.8, 4) is 0 Å². The molecule has 2 N–H and O–H groups in total. The molecule has 94 valence electrons. The third kappa shape index (κ3) is 4.10. The molecule has 1 heterocycles. The Morgan fingerprint density at radius 2 is 2.12 bits per heavy atom. The second-order valence-electron chi connectivity index (χ2n) is 4.58. The highest BCUT2D eigenvalue weighted by atomic mass is 16.5. The molecular weight excluding hydrogens is 206 g/mol. The normalized spacial score (nSPS) is 21.4. The second-order valence-corrected chi connectivity index (χ2v) is 4.58. The van der Waals surface area contributed by atoms with Gasteiger partial charge in [0.05, 0.1) is 6.10 Å². The molecule has 16 heavy (non-hydrogen) atoms. The fourth-order valence-electron chi connectivity index (χ4n) is 1.78. The standard InChI is InChI=1S/C12H23NO3/c1-3-9(2)11(14)8-13-12(15)10-4-6-16-7-5-10/h9-11,14H,3-8H2,1-2H3,(H,13,15). The summed E-state index contributed by atoms with van der Waals surface area (Å²) in [4.78, 5) is 11.7. The van der Waals surface area contributed by atoms with Crippen LogP contribution in [0.15, 0.2) is 0 Å². The van der Waals surface area contributed by atoms with E-state index in [1.807, 2.05) is 13.8 Å². The fourth-order valence-corrected chi connectivity index (χ4v) is 1.78. The van der Waals surface area contributed by atoms with E-state index in [9.17, 15) is 9.90 Å². The van der Waals surface area contributed by atoms with Crippen LogP contribution in [0.3, 0.4) is 0 Å². The number of hydrogen-bond donors (Lipinski definition) is 2. The van der Waals surface area contributed by atoms with Gasteiger partial charge in [0.1, 0.15) is 0 Å². The quantitative estimate of drug-likeness (QED) is 0.737. The third-order valence-electron chi connectivity index (χ3n) is 3.38. The smallest absolute Gasteiger partial charge is 0.223 e. The summed E-state index contributed by atoms with van der Waals surface area (Å²) in [5.41, 5.74) is 0. The fraction of sp³-hybridized carbons (Fsp3) is 0.917. The minimum atomic E-state index is -0.436. The van der Waals surface area contributed by atoms with Crippen LogP contribution < -0.4 is 5.32 Å². The Kier molecular flexibility index (Phi) is 5.77. The van der Waals surface area contributed by atoms with Gasteiger partial charge in [-0.25, -0.2) is 0 Å². The first-order chi connectivity index (χ1) is 7.65. The van der Waals surface area contributed by atoms with E-state index in [2.05, 4.69) is 5.32 Å². The van der Waals surface area contributed by atoms with Gasteiger partial charge < -0.3 is 15.2 Å². The molecule has 1 rings (SSSR count). The van der Waals surface area contributed by atoms with Gasteiger partial charge in [-0.2, -0.15) is 0 Å². The van der Waals surface area contributed by atoms with E-state index < -0.39 is 6.10 Å². The maximum Gasteiger partial charge on any atom is 0.223 e. The van der Waals surface area contributed by atoms with Crippen molar-refractivity contribution in [2.45, 2.75) is 39.2 Å². The lowest BCUT2D eigenvalue weighted by Gasteiger charge is -2.23. The molecule has 1 amide bonds. The molecule has 2 atom stereocenters. The van der Waals surface area contributed by atoms with Gasteiger partial charge in [0, 0.05) is 25.7 Å². The average molecular weight is 229 g/mol. The highest BCUT2D eigenvalue weighted by molar-refractivity contribution is 5.78. The van der Waals surface area contributed by atoms with E-state index in [1.54, 1.807) is 0 Å². The maximum atomic E-state index is 11.7. The van der Waals surface area contributed by atoms with Crippen LogP contribution >= 0.6 is 0 Å². The van der Waals surface area contributed by atoms with E-state index in [-0.39, 0.29) is 17.7 Å². The van der Waals surface area contributed by atoms with Crippen molar-refractivity contribution in [3.05, 3.63) is 0 Å². The minimum Gasteiger partial charge on any atom is -0.391 e. The highest BCUT2D eigenvalue weighted by Gasteiger charge is 2.22. The van der Waals surface area contributed by atoms with Crippen LogP contribution in [0, 0.1) is 11.8 Å². The molecule has 4 heteroatoms. The Morgan fingerprint density at radius 1 is 1.50 bits per heavy atom. The number of rotatable bonds is 5. The van der Waals surface area contributed by atoms with Crippen molar-refractivity contribution < 1.29 is 14.6 Å². The summed E-state index contributed by atoms with van der Waals surface area (Å²) < 4.78 is 5.20. The molecule has 0 spiro atoms. The maximum absolute atomic E-state index is 11.7. The van der Waals surface area contributed by atoms with Crippen LogP contribution in [-0.4, -0.2) is 36.9 Å². The predicted molar refractivity (Wildman–Crippen MR) is 62.0 cm³/mol. The summed E-state index contributed by atoms with van der Waals surface area (Å²) in [6.07, 6.45) is 2.08. The molecule has 0 saturated carbocycles. The van der Waals surface area contributed by atoms with Crippen LogP contribution in [0.4, 0.5) is 0 Å². The van der Waals surface area contributed by atoms with Gasteiger partial charge in [-0.15, -0.1) is 0 Å². The molecule has 1 aliphatic rings. The monoisotopic (exact) mass is 229 g/mol. The molecule has 1 saturated heterocycles. The molecule has 1 aliphatic heterocycles. The lowest BCUT2D eigenvalue weighted by Crippen LogP contribution is -2.40. The molecule has 0 radical (unpaired) electrons. The Balaban J connectivity index is 2.23. The molecule has 1 fully saturated rings. The number of carbonyl (C=O) groups is 1. The summed E-state index contributed by atoms with van der Waals surface area (Å²) in [6.45, 7) is 5.74. The average Bonchev–Trinajstić information content (AvgIpc) is 2.35. The topological polar surface area (TPSA) is 58.6 Å². The Bertz CT molecular complexity index is 214. The van der Waals surface area contributed by atoms with Gasteiger partial charge in [0.15, 0.2) is 0 Å². The van der Waals surface area contributed by atoms with Crippen LogP contribution in [0.5, 0.6) is 0 Å². The molecular formula is C12H23NO3. The van der Waals surface area contributed by atoms with Gasteiger partial charge >= 0.3 is 0 Å². The molecule has 2 unspecified atom stereocenters.